The molecule has 0 aliphatic carbocycles. The molecule has 0 aliphatic rings. The fourth-order valence-electron chi connectivity index (χ4n) is 1.54. The van der Waals surface area contributed by atoms with Crippen molar-refractivity contribution in [3.63, 3.8) is 0 Å². The first-order chi connectivity index (χ1) is 8.54. The molecule has 0 aliphatic heterocycles. The zero-order chi connectivity index (χ0) is 13.3. The van der Waals surface area contributed by atoms with Gasteiger partial charge in [-0.3, -0.25) is 4.79 Å². The van der Waals surface area contributed by atoms with Crippen molar-refractivity contribution in [1.82, 2.24) is 0 Å². The molecule has 92 valence electrons. The molecule has 0 aromatic heterocycles. The molecule has 0 amide bonds. The Kier molecular flexibility index (Phi) is 3.78. The summed E-state index contributed by atoms with van der Waals surface area (Å²) in [5.41, 5.74) is 0.437. The van der Waals surface area contributed by atoms with E-state index in [1.54, 1.807) is 6.07 Å². The summed E-state index contributed by atoms with van der Waals surface area (Å²) in [5.74, 6) is -1.33. The molecule has 0 fully saturated rings. The van der Waals surface area contributed by atoms with Gasteiger partial charge >= 0.3 is 0 Å². The quantitative estimate of drug-likeness (QED) is 0.567. The molecule has 0 saturated carbocycles. The number of hydrogen-bond acceptors (Lipinski definition) is 1. The third-order valence-corrected chi connectivity index (χ3v) is 3.73. The zero-order valence-corrected chi connectivity index (χ0v) is 11.2. The maximum atomic E-state index is 13.9. The van der Waals surface area contributed by atoms with Gasteiger partial charge in [-0.15, -0.1) is 0 Å². The molecule has 5 heteroatoms. The van der Waals surface area contributed by atoms with E-state index < -0.39 is 11.6 Å². The molecule has 0 unspecified atom stereocenters. The maximum absolute atomic E-state index is 13.9. The summed E-state index contributed by atoms with van der Waals surface area (Å²) in [6, 6.07) is 6.93. The van der Waals surface area contributed by atoms with Crippen LogP contribution in [0.3, 0.4) is 0 Å². The van der Waals surface area contributed by atoms with Crippen molar-refractivity contribution in [2.75, 3.05) is 0 Å². The van der Waals surface area contributed by atoms with Crippen molar-refractivity contribution in [1.29, 1.82) is 0 Å². The Morgan fingerprint density at radius 3 is 2.50 bits per heavy atom. The van der Waals surface area contributed by atoms with Crippen LogP contribution in [0.1, 0.15) is 10.4 Å². The van der Waals surface area contributed by atoms with Gasteiger partial charge in [-0.2, -0.15) is 0 Å². The molecule has 1 nitrogen and oxygen atoms in total. The van der Waals surface area contributed by atoms with Crippen molar-refractivity contribution in [3.8, 4) is 11.1 Å². The van der Waals surface area contributed by atoms with Gasteiger partial charge in [0, 0.05) is 10.0 Å². The number of halogens is 4. The number of benzene rings is 2. The fourth-order valence-corrected chi connectivity index (χ4v) is 2.01. The molecule has 18 heavy (non-hydrogen) atoms. The number of carbonyl (C=O) groups excluding carboxylic acids is 1. The Morgan fingerprint density at radius 2 is 1.89 bits per heavy atom. The fraction of sp³-hybridized carbons (Fsp3) is 0. The number of rotatable bonds is 2. The van der Waals surface area contributed by atoms with Crippen molar-refractivity contribution >= 4 is 33.8 Å². The van der Waals surface area contributed by atoms with Crippen molar-refractivity contribution in [3.05, 3.63) is 57.0 Å². The van der Waals surface area contributed by atoms with E-state index in [2.05, 4.69) is 15.9 Å². The lowest BCUT2D eigenvalue weighted by Gasteiger charge is -2.07. The van der Waals surface area contributed by atoms with Crippen LogP contribution in [0.15, 0.2) is 34.8 Å². The molecule has 0 spiro atoms. The van der Waals surface area contributed by atoms with Crippen molar-refractivity contribution < 1.29 is 13.6 Å². The highest BCUT2D eigenvalue weighted by Crippen LogP contribution is 2.33. The molecule has 2 aromatic carbocycles. The Labute approximate surface area is 116 Å². The first kappa shape index (κ1) is 13.2. The average Bonchev–Trinajstić information content (AvgIpc) is 2.36. The van der Waals surface area contributed by atoms with Gasteiger partial charge in [-0.1, -0.05) is 23.7 Å². The molecule has 0 heterocycles. The number of aldehydes is 1. The Balaban J connectivity index is 2.59. The van der Waals surface area contributed by atoms with E-state index in [9.17, 15) is 13.6 Å². The van der Waals surface area contributed by atoms with E-state index in [-0.39, 0.29) is 16.1 Å². The minimum absolute atomic E-state index is 0.0626. The van der Waals surface area contributed by atoms with Gasteiger partial charge in [0.2, 0.25) is 0 Å². The topological polar surface area (TPSA) is 17.1 Å². The van der Waals surface area contributed by atoms with Gasteiger partial charge in [0.15, 0.2) is 12.1 Å². The van der Waals surface area contributed by atoms with Gasteiger partial charge in [0.25, 0.3) is 0 Å². The van der Waals surface area contributed by atoms with Crippen LogP contribution in [0.4, 0.5) is 8.78 Å². The van der Waals surface area contributed by atoms with Crippen LogP contribution in [0, 0.1) is 11.6 Å². The van der Waals surface area contributed by atoms with Gasteiger partial charge in [0.05, 0.1) is 10.6 Å². The lowest BCUT2D eigenvalue weighted by molar-refractivity contribution is 0.112. The van der Waals surface area contributed by atoms with E-state index in [0.717, 1.165) is 6.07 Å². The van der Waals surface area contributed by atoms with E-state index in [4.69, 9.17) is 11.6 Å². The molecular weight excluding hydrogens is 325 g/mol. The zero-order valence-electron chi connectivity index (χ0n) is 8.88. The first-order valence-electron chi connectivity index (χ1n) is 4.93. The normalized spacial score (nSPS) is 10.4. The van der Waals surface area contributed by atoms with E-state index >= 15 is 0 Å². The van der Waals surface area contributed by atoms with E-state index in [1.807, 2.05) is 0 Å². The second-order valence-corrected chi connectivity index (χ2v) is 4.81. The summed E-state index contributed by atoms with van der Waals surface area (Å²) in [7, 11) is 0. The van der Waals surface area contributed by atoms with Crippen LogP contribution in [0.2, 0.25) is 5.02 Å². The van der Waals surface area contributed by atoms with Crippen LogP contribution in [-0.2, 0) is 0 Å². The number of hydrogen-bond donors (Lipinski definition) is 0. The predicted octanol–water partition coefficient (Wildman–Crippen LogP) is 4.86. The molecule has 0 N–H and O–H groups in total. The van der Waals surface area contributed by atoms with E-state index in [0.29, 0.717) is 16.3 Å². The number of carbonyl (C=O) groups is 1. The smallest absolute Gasteiger partial charge is 0.152 e. The molecule has 0 saturated heterocycles. The third kappa shape index (κ3) is 2.31. The average molecular weight is 332 g/mol. The third-order valence-electron chi connectivity index (χ3n) is 2.47. The summed E-state index contributed by atoms with van der Waals surface area (Å²) in [6.45, 7) is 0. The monoisotopic (exact) mass is 330 g/mol. The Hall–Kier alpha value is -1.26. The Morgan fingerprint density at radius 1 is 1.17 bits per heavy atom. The van der Waals surface area contributed by atoms with E-state index in [1.165, 1.54) is 18.2 Å². The minimum Gasteiger partial charge on any atom is -0.298 e. The molecular formula is C13H6BrClF2O. The van der Waals surface area contributed by atoms with Crippen molar-refractivity contribution in [2.45, 2.75) is 0 Å². The summed E-state index contributed by atoms with van der Waals surface area (Å²) in [4.78, 5) is 10.5. The molecule has 2 rings (SSSR count). The van der Waals surface area contributed by atoms with Gasteiger partial charge in [-0.05, 0) is 39.7 Å². The molecule has 0 radical (unpaired) electrons. The van der Waals surface area contributed by atoms with Crippen LogP contribution in [0.25, 0.3) is 11.1 Å². The standard InChI is InChI=1S/C13H6BrClF2O/c14-10-4-3-9(13(17)12(10)15)7-1-2-8(6-18)11(16)5-7/h1-6H. The summed E-state index contributed by atoms with van der Waals surface area (Å²) < 4.78 is 27.8. The van der Waals surface area contributed by atoms with Crippen LogP contribution < -0.4 is 0 Å². The van der Waals surface area contributed by atoms with Crippen LogP contribution >= 0.6 is 27.5 Å². The lowest BCUT2D eigenvalue weighted by Crippen LogP contribution is -1.91. The summed E-state index contributed by atoms with van der Waals surface area (Å²) >= 11 is 8.86. The highest BCUT2D eigenvalue weighted by atomic mass is 79.9. The summed E-state index contributed by atoms with van der Waals surface area (Å²) in [6.07, 6.45) is 0.407. The van der Waals surface area contributed by atoms with Crippen LogP contribution in [-0.4, -0.2) is 6.29 Å². The highest BCUT2D eigenvalue weighted by molar-refractivity contribution is 9.10. The Bertz CT molecular complexity index is 629. The largest absolute Gasteiger partial charge is 0.298 e. The minimum atomic E-state index is -0.694. The molecule has 0 atom stereocenters. The summed E-state index contributed by atoms with van der Waals surface area (Å²) in [5, 5.41) is -0.0626. The molecule has 2 aromatic rings. The maximum Gasteiger partial charge on any atom is 0.152 e. The van der Waals surface area contributed by atoms with Gasteiger partial charge in [0.1, 0.15) is 5.82 Å². The van der Waals surface area contributed by atoms with Crippen molar-refractivity contribution in [2.24, 2.45) is 0 Å². The SMILES string of the molecule is O=Cc1ccc(-c2ccc(Br)c(Cl)c2F)cc1F. The molecule has 0 bridgehead atoms. The predicted molar refractivity (Wildman–Crippen MR) is 69.9 cm³/mol. The van der Waals surface area contributed by atoms with Crippen LogP contribution in [0.5, 0.6) is 0 Å². The second-order valence-electron chi connectivity index (χ2n) is 3.58. The van der Waals surface area contributed by atoms with Gasteiger partial charge < -0.3 is 0 Å². The first-order valence-corrected chi connectivity index (χ1v) is 6.10. The lowest BCUT2D eigenvalue weighted by atomic mass is 10.0. The highest BCUT2D eigenvalue weighted by Gasteiger charge is 2.13. The van der Waals surface area contributed by atoms with Gasteiger partial charge in [-0.25, -0.2) is 8.78 Å². The second kappa shape index (κ2) is 5.16.